The van der Waals surface area contributed by atoms with E-state index in [-0.39, 0.29) is 24.8 Å². The van der Waals surface area contributed by atoms with Crippen LogP contribution in [-0.4, -0.2) is 23.9 Å². The van der Waals surface area contributed by atoms with Gasteiger partial charge in [0, 0.05) is 23.1 Å². The second-order valence-electron chi connectivity index (χ2n) is 5.24. The largest absolute Gasteiger partial charge is 0.354 e. The van der Waals surface area contributed by atoms with Gasteiger partial charge in [-0.25, -0.2) is 0 Å². The number of aryl methyl sites for hydroxylation is 1. The topological polar surface area (TPSA) is 84.2 Å². The Morgan fingerprint density at radius 3 is 2.60 bits per heavy atom. The average Bonchev–Trinajstić information content (AvgIpc) is 2.32. The summed E-state index contributed by atoms with van der Waals surface area (Å²) in [7, 11) is 0. The minimum atomic E-state index is -0.933. The molecule has 0 aliphatic rings. The summed E-state index contributed by atoms with van der Waals surface area (Å²) in [6.07, 6.45) is 0.202. The Balaban J connectivity index is 2.45. The van der Waals surface area contributed by atoms with Crippen LogP contribution in [0.15, 0.2) is 22.7 Å². The number of nitrogens with two attached hydrogens (primary N) is 1. The summed E-state index contributed by atoms with van der Waals surface area (Å²) in [6.45, 7) is 5.42. The van der Waals surface area contributed by atoms with Crippen LogP contribution in [0.25, 0.3) is 0 Å². The molecule has 0 radical (unpaired) electrons. The molecule has 1 aromatic rings. The summed E-state index contributed by atoms with van der Waals surface area (Å²) < 4.78 is 0.900. The van der Waals surface area contributed by atoms with Gasteiger partial charge in [0.1, 0.15) is 0 Å². The first-order valence-corrected chi connectivity index (χ1v) is 7.12. The molecule has 6 heteroatoms. The van der Waals surface area contributed by atoms with Gasteiger partial charge in [0.25, 0.3) is 0 Å². The second-order valence-corrected chi connectivity index (χ2v) is 6.15. The van der Waals surface area contributed by atoms with Gasteiger partial charge >= 0.3 is 0 Å². The third-order valence-electron chi connectivity index (χ3n) is 2.70. The molecule has 1 rings (SSSR count). The predicted molar refractivity (Wildman–Crippen MR) is 83.4 cm³/mol. The van der Waals surface area contributed by atoms with Crippen molar-refractivity contribution in [3.05, 3.63) is 28.2 Å². The molecule has 0 saturated heterocycles. The Morgan fingerprint density at radius 2 is 2.00 bits per heavy atom. The molecule has 0 aliphatic heterocycles. The number of halogens is 1. The third-order valence-corrected chi connectivity index (χ3v) is 3.19. The molecule has 5 nitrogen and oxygen atoms in total. The van der Waals surface area contributed by atoms with E-state index in [1.165, 1.54) is 0 Å². The van der Waals surface area contributed by atoms with Gasteiger partial charge in [0.15, 0.2) is 0 Å². The van der Waals surface area contributed by atoms with Gasteiger partial charge in [-0.15, -0.1) is 0 Å². The van der Waals surface area contributed by atoms with Crippen molar-refractivity contribution in [2.45, 2.75) is 32.7 Å². The van der Waals surface area contributed by atoms with E-state index >= 15 is 0 Å². The van der Waals surface area contributed by atoms with Crippen molar-refractivity contribution in [3.63, 3.8) is 0 Å². The van der Waals surface area contributed by atoms with Crippen LogP contribution < -0.4 is 16.4 Å². The molecular weight excluding hydrogens is 322 g/mol. The molecule has 20 heavy (non-hydrogen) atoms. The lowest BCUT2D eigenvalue weighted by molar-refractivity contribution is -0.125. The Labute approximate surface area is 127 Å². The minimum Gasteiger partial charge on any atom is -0.354 e. The van der Waals surface area contributed by atoms with Gasteiger partial charge in [-0.2, -0.15) is 0 Å². The van der Waals surface area contributed by atoms with E-state index in [4.69, 9.17) is 5.73 Å². The summed E-state index contributed by atoms with van der Waals surface area (Å²) in [5, 5.41) is 5.44. The first kappa shape index (κ1) is 16.7. The fourth-order valence-corrected chi connectivity index (χ4v) is 1.82. The molecule has 0 saturated carbocycles. The Kier molecular flexibility index (Phi) is 5.71. The summed E-state index contributed by atoms with van der Waals surface area (Å²) in [6, 6.07) is 5.67. The Morgan fingerprint density at radius 1 is 1.35 bits per heavy atom. The van der Waals surface area contributed by atoms with E-state index < -0.39 is 5.54 Å². The van der Waals surface area contributed by atoms with Crippen LogP contribution in [0.1, 0.15) is 25.8 Å². The van der Waals surface area contributed by atoms with Crippen LogP contribution in [0.2, 0.25) is 0 Å². The van der Waals surface area contributed by atoms with Gasteiger partial charge in [0.05, 0.1) is 5.54 Å². The van der Waals surface area contributed by atoms with Crippen molar-refractivity contribution in [2.75, 3.05) is 11.9 Å². The molecule has 0 bridgehead atoms. The van der Waals surface area contributed by atoms with E-state index in [1.807, 2.05) is 25.1 Å². The first-order valence-electron chi connectivity index (χ1n) is 6.33. The molecule has 0 unspecified atom stereocenters. The first-order chi connectivity index (χ1) is 9.20. The van der Waals surface area contributed by atoms with Crippen molar-refractivity contribution in [3.8, 4) is 0 Å². The van der Waals surface area contributed by atoms with Gasteiger partial charge in [-0.3, -0.25) is 9.59 Å². The number of anilines is 1. The van der Waals surface area contributed by atoms with Crippen LogP contribution in [0.4, 0.5) is 5.69 Å². The number of carbonyl (C=O) groups is 2. The summed E-state index contributed by atoms with van der Waals surface area (Å²) in [5.41, 5.74) is 6.44. The molecule has 0 heterocycles. The average molecular weight is 342 g/mol. The lowest BCUT2D eigenvalue weighted by atomic mass is 10.1. The van der Waals surface area contributed by atoms with Crippen LogP contribution in [0.5, 0.6) is 0 Å². The van der Waals surface area contributed by atoms with Crippen molar-refractivity contribution < 1.29 is 9.59 Å². The lowest BCUT2D eigenvalue weighted by Crippen LogP contribution is -2.49. The monoisotopic (exact) mass is 341 g/mol. The van der Waals surface area contributed by atoms with E-state index in [2.05, 4.69) is 26.6 Å². The third kappa shape index (κ3) is 5.30. The number of hydrogen-bond donors (Lipinski definition) is 3. The van der Waals surface area contributed by atoms with Crippen LogP contribution >= 0.6 is 15.9 Å². The number of benzene rings is 1. The smallest absolute Gasteiger partial charge is 0.239 e. The van der Waals surface area contributed by atoms with Crippen LogP contribution in [-0.2, 0) is 9.59 Å². The summed E-state index contributed by atoms with van der Waals surface area (Å²) in [5.74, 6) is -0.426. The maximum Gasteiger partial charge on any atom is 0.239 e. The fraction of sp³-hybridized carbons (Fsp3) is 0.429. The van der Waals surface area contributed by atoms with E-state index in [0.717, 1.165) is 15.7 Å². The number of carbonyl (C=O) groups excluding carboxylic acids is 2. The molecule has 0 atom stereocenters. The summed E-state index contributed by atoms with van der Waals surface area (Å²) >= 11 is 3.36. The lowest BCUT2D eigenvalue weighted by Gasteiger charge is -2.17. The fourth-order valence-electron chi connectivity index (χ4n) is 1.46. The van der Waals surface area contributed by atoms with Gasteiger partial charge < -0.3 is 16.4 Å². The standard InChI is InChI=1S/C14H20BrN3O2/c1-9-4-5-10(15)8-11(9)18-12(19)6-7-17-13(20)14(2,3)16/h4-5,8H,6-7,16H2,1-3H3,(H,17,20)(H,18,19). The van der Waals surface area contributed by atoms with E-state index in [0.29, 0.717) is 0 Å². The molecule has 0 fully saturated rings. The maximum absolute atomic E-state index is 11.8. The SMILES string of the molecule is Cc1ccc(Br)cc1NC(=O)CCNC(=O)C(C)(C)N. The van der Waals surface area contributed by atoms with Crippen LogP contribution in [0, 0.1) is 6.92 Å². The van der Waals surface area contributed by atoms with Gasteiger partial charge in [-0.05, 0) is 38.5 Å². The molecule has 1 aromatic carbocycles. The van der Waals surface area contributed by atoms with Crippen molar-refractivity contribution >= 4 is 33.4 Å². The Bertz CT molecular complexity index is 510. The zero-order chi connectivity index (χ0) is 15.3. The Hall–Kier alpha value is -1.40. The number of amides is 2. The van der Waals surface area contributed by atoms with E-state index in [1.54, 1.807) is 13.8 Å². The number of nitrogens with one attached hydrogen (secondary N) is 2. The van der Waals surface area contributed by atoms with Gasteiger partial charge in [-0.1, -0.05) is 22.0 Å². The van der Waals surface area contributed by atoms with Crippen molar-refractivity contribution in [2.24, 2.45) is 5.73 Å². The van der Waals surface area contributed by atoms with E-state index in [9.17, 15) is 9.59 Å². The molecule has 0 spiro atoms. The normalized spacial score (nSPS) is 11.1. The highest BCUT2D eigenvalue weighted by Gasteiger charge is 2.21. The zero-order valence-corrected chi connectivity index (χ0v) is 13.5. The maximum atomic E-state index is 11.8. The number of hydrogen-bond acceptors (Lipinski definition) is 3. The van der Waals surface area contributed by atoms with Crippen molar-refractivity contribution in [1.82, 2.24) is 5.32 Å². The molecular formula is C14H20BrN3O2. The van der Waals surface area contributed by atoms with Crippen molar-refractivity contribution in [1.29, 1.82) is 0 Å². The molecule has 0 aromatic heterocycles. The quantitative estimate of drug-likeness (QED) is 0.765. The number of rotatable bonds is 5. The molecule has 110 valence electrons. The van der Waals surface area contributed by atoms with Crippen LogP contribution in [0.3, 0.4) is 0 Å². The highest BCUT2D eigenvalue weighted by molar-refractivity contribution is 9.10. The summed E-state index contributed by atoms with van der Waals surface area (Å²) in [4.78, 5) is 23.3. The molecule has 4 N–H and O–H groups in total. The highest BCUT2D eigenvalue weighted by Crippen LogP contribution is 2.20. The van der Waals surface area contributed by atoms with Gasteiger partial charge in [0.2, 0.25) is 11.8 Å². The zero-order valence-electron chi connectivity index (χ0n) is 11.9. The minimum absolute atomic E-state index is 0.152. The molecule has 2 amide bonds. The molecule has 0 aliphatic carbocycles. The second kappa shape index (κ2) is 6.85. The highest BCUT2D eigenvalue weighted by atomic mass is 79.9. The predicted octanol–water partition coefficient (Wildman–Crippen LogP) is 1.94.